The number of hydrogen-bond donors (Lipinski definition) is 0. The number of fused-ring (bicyclic) bond motifs is 1. The van der Waals surface area contributed by atoms with Gasteiger partial charge in [0.1, 0.15) is 24.2 Å². The molecule has 0 bridgehead atoms. The van der Waals surface area contributed by atoms with E-state index in [-0.39, 0.29) is 12.3 Å². The van der Waals surface area contributed by atoms with E-state index < -0.39 is 0 Å². The van der Waals surface area contributed by atoms with Gasteiger partial charge in [0.15, 0.2) is 0 Å². The lowest BCUT2D eigenvalue weighted by Crippen LogP contribution is -2.48. The number of rotatable bonds is 3. The van der Waals surface area contributed by atoms with Crippen molar-refractivity contribution in [3.05, 3.63) is 66.6 Å². The van der Waals surface area contributed by atoms with Crippen LogP contribution in [0.15, 0.2) is 65.9 Å². The molecule has 0 N–H and O–H groups in total. The molecule has 0 amide bonds. The smallest absolute Gasteiger partial charge is 0.336 e. The predicted octanol–water partition coefficient (Wildman–Crippen LogP) is 3.43. The number of aromatic nitrogens is 2. The summed E-state index contributed by atoms with van der Waals surface area (Å²) in [5.74, 6) is 2.54. The Bertz CT molecular complexity index is 1100. The third-order valence-corrected chi connectivity index (χ3v) is 5.84. The zero-order valence-corrected chi connectivity index (χ0v) is 17.1. The molecule has 0 saturated heterocycles. The number of hydrazone groups is 1. The SMILES string of the molecule is COc1ccc(-c2c[n+](C3=NN(c4ccccc4)CC3=O)c3n2CCCCC3)cc1. The van der Waals surface area contributed by atoms with Crippen molar-refractivity contribution < 1.29 is 14.1 Å². The molecule has 0 radical (unpaired) electrons. The molecule has 5 rings (SSSR count). The fourth-order valence-corrected chi connectivity index (χ4v) is 4.29. The van der Waals surface area contributed by atoms with Crippen LogP contribution in [0.2, 0.25) is 0 Å². The van der Waals surface area contributed by atoms with E-state index in [2.05, 4.69) is 22.9 Å². The monoisotopic (exact) mass is 401 g/mol. The van der Waals surface area contributed by atoms with Crippen molar-refractivity contribution in [1.82, 2.24) is 4.57 Å². The number of ether oxygens (including phenoxy) is 1. The van der Waals surface area contributed by atoms with Crippen LogP contribution in [-0.2, 0) is 17.8 Å². The second kappa shape index (κ2) is 7.78. The summed E-state index contributed by atoms with van der Waals surface area (Å²) in [6.45, 7) is 1.22. The summed E-state index contributed by atoms with van der Waals surface area (Å²) in [5.41, 5.74) is 3.16. The zero-order chi connectivity index (χ0) is 20.5. The molecule has 2 aliphatic rings. The lowest BCUT2D eigenvalue weighted by molar-refractivity contribution is -0.561. The summed E-state index contributed by atoms with van der Waals surface area (Å²) in [5, 5.41) is 6.50. The summed E-state index contributed by atoms with van der Waals surface area (Å²) < 4.78 is 9.69. The minimum atomic E-state index is 0.0442. The van der Waals surface area contributed by atoms with Gasteiger partial charge < -0.3 is 4.74 Å². The lowest BCUT2D eigenvalue weighted by Gasteiger charge is -2.06. The van der Waals surface area contributed by atoms with Crippen molar-refractivity contribution in [3.63, 3.8) is 0 Å². The second-order valence-electron chi connectivity index (χ2n) is 7.73. The first-order valence-corrected chi connectivity index (χ1v) is 10.5. The normalized spacial score (nSPS) is 16.2. The molecular formula is C24H25N4O2+. The highest BCUT2D eigenvalue weighted by molar-refractivity contribution is 6.38. The van der Waals surface area contributed by atoms with Crippen molar-refractivity contribution >= 4 is 17.3 Å². The average molecular weight is 401 g/mol. The van der Waals surface area contributed by atoms with Crippen LogP contribution >= 0.6 is 0 Å². The largest absolute Gasteiger partial charge is 0.497 e. The number of carbonyl (C=O) groups is 1. The number of nitrogens with zero attached hydrogens (tertiary/aromatic N) is 4. The van der Waals surface area contributed by atoms with Crippen molar-refractivity contribution in [3.8, 4) is 17.0 Å². The molecule has 0 aliphatic carbocycles. The Morgan fingerprint density at radius 3 is 2.57 bits per heavy atom. The highest BCUT2D eigenvalue weighted by Gasteiger charge is 2.37. The summed E-state index contributed by atoms with van der Waals surface area (Å²) in [6, 6.07) is 18.0. The Kier molecular flexibility index (Phi) is 4.83. The van der Waals surface area contributed by atoms with E-state index >= 15 is 0 Å². The minimum absolute atomic E-state index is 0.0442. The van der Waals surface area contributed by atoms with Crippen molar-refractivity contribution in [2.45, 2.75) is 32.2 Å². The number of carbonyl (C=O) groups excluding carboxylic acids is 1. The van der Waals surface area contributed by atoms with Gasteiger partial charge in [-0.1, -0.05) is 18.2 Å². The fraction of sp³-hybridized carbons (Fsp3) is 0.292. The van der Waals surface area contributed by atoms with Gasteiger partial charge >= 0.3 is 5.84 Å². The molecule has 6 nitrogen and oxygen atoms in total. The Hall–Kier alpha value is -3.41. The van der Waals surface area contributed by atoms with Crippen LogP contribution in [0.3, 0.4) is 0 Å². The van der Waals surface area contributed by atoms with E-state index in [1.165, 1.54) is 6.42 Å². The fourth-order valence-electron chi connectivity index (χ4n) is 4.29. The number of Topliss-reactive ketones (excluding diaryl/α,β-unsaturated/α-hetero) is 1. The number of para-hydroxylation sites is 1. The van der Waals surface area contributed by atoms with Crippen LogP contribution in [0.1, 0.15) is 25.1 Å². The van der Waals surface area contributed by atoms with Gasteiger partial charge in [0.2, 0.25) is 5.82 Å². The number of anilines is 1. The summed E-state index contributed by atoms with van der Waals surface area (Å²) in [4.78, 5) is 12.9. The van der Waals surface area contributed by atoms with Crippen LogP contribution in [0, 0.1) is 0 Å². The summed E-state index contributed by atoms with van der Waals surface area (Å²) in [7, 11) is 1.68. The second-order valence-corrected chi connectivity index (χ2v) is 7.73. The Labute approximate surface area is 176 Å². The zero-order valence-electron chi connectivity index (χ0n) is 17.1. The van der Waals surface area contributed by atoms with Crippen molar-refractivity contribution in [2.75, 3.05) is 18.7 Å². The molecule has 1 aromatic heterocycles. The van der Waals surface area contributed by atoms with E-state index in [0.717, 1.165) is 54.3 Å². The maximum Gasteiger partial charge on any atom is 0.336 e. The third-order valence-electron chi connectivity index (χ3n) is 5.84. The molecule has 3 heterocycles. The molecule has 6 heteroatoms. The third kappa shape index (κ3) is 3.28. The molecule has 2 aromatic carbocycles. The van der Waals surface area contributed by atoms with Gasteiger partial charge in [-0.05, 0) is 60.8 Å². The summed E-state index contributed by atoms with van der Waals surface area (Å²) >= 11 is 0. The molecule has 152 valence electrons. The highest BCUT2D eigenvalue weighted by Crippen LogP contribution is 2.26. The number of imidazole rings is 1. The van der Waals surface area contributed by atoms with Crippen LogP contribution in [0.5, 0.6) is 5.75 Å². The van der Waals surface area contributed by atoms with E-state index in [1.54, 1.807) is 12.1 Å². The van der Waals surface area contributed by atoms with E-state index in [9.17, 15) is 4.79 Å². The van der Waals surface area contributed by atoms with Gasteiger partial charge in [-0.25, -0.2) is 0 Å². The van der Waals surface area contributed by atoms with Gasteiger partial charge in [-0.15, -0.1) is 0 Å². The number of benzene rings is 2. The maximum absolute atomic E-state index is 12.9. The molecule has 0 unspecified atom stereocenters. The molecule has 30 heavy (non-hydrogen) atoms. The Morgan fingerprint density at radius 1 is 1.00 bits per heavy atom. The molecule has 0 spiro atoms. The van der Waals surface area contributed by atoms with Gasteiger partial charge in [-0.2, -0.15) is 9.58 Å². The number of hydrogen-bond acceptors (Lipinski definition) is 4. The average Bonchev–Trinajstić information content (AvgIpc) is 3.25. The molecule has 0 saturated carbocycles. The minimum Gasteiger partial charge on any atom is -0.497 e. The first-order chi connectivity index (χ1) is 14.7. The lowest BCUT2D eigenvalue weighted by atomic mass is 10.1. The Balaban J connectivity index is 1.60. The first-order valence-electron chi connectivity index (χ1n) is 10.5. The summed E-state index contributed by atoms with van der Waals surface area (Å²) in [6.07, 6.45) is 6.47. The van der Waals surface area contributed by atoms with E-state index in [4.69, 9.17) is 9.84 Å². The topological polar surface area (TPSA) is 50.7 Å². The molecule has 2 aliphatic heterocycles. The molecule has 0 atom stereocenters. The van der Waals surface area contributed by atoms with Crippen LogP contribution < -0.4 is 14.3 Å². The van der Waals surface area contributed by atoms with Gasteiger partial charge in [0, 0.05) is 12.0 Å². The molecule has 0 fully saturated rings. The van der Waals surface area contributed by atoms with Crippen LogP contribution in [0.4, 0.5) is 5.69 Å². The predicted molar refractivity (Wildman–Crippen MR) is 116 cm³/mol. The maximum atomic E-state index is 12.9. The Morgan fingerprint density at radius 2 is 1.80 bits per heavy atom. The first kappa shape index (κ1) is 18.6. The van der Waals surface area contributed by atoms with E-state index in [0.29, 0.717) is 5.84 Å². The molecule has 3 aromatic rings. The molecular weight excluding hydrogens is 376 g/mol. The standard InChI is InChI=1S/C24H25N4O2/c1-30-20-13-11-18(12-14-20)21-16-27(23-10-6-3-7-15-26(21)23)24-22(29)17-28(25-24)19-8-4-2-5-9-19/h2,4-5,8-9,11-14,16H,3,6-7,10,15,17H2,1H3/q+1. The van der Waals surface area contributed by atoms with Crippen molar-refractivity contribution in [1.29, 1.82) is 0 Å². The van der Waals surface area contributed by atoms with Gasteiger partial charge in [0.25, 0.3) is 5.78 Å². The number of methoxy groups -OCH3 is 1. The van der Waals surface area contributed by atoms with Gasteiger partial charge in [0.05, 0.1) is 19.3 Å². The highest BCUT2D eigenvalue weighted by atomic mass is 16.5. The quantitative estimate of drug-likeness (QED) is 0.632. The van der Waals surface area contributed by atoms with E-state index in [1.807, 2.05) is 47.0 Å². The number of ketones is 1. The van der Waals surface area contributed by atoms with Gasteiger partial charge in [-0.3, -0.25) is 9.36 Å². The van der Waals surface area contributed by atoms with Crippen LogP contribution in [0.25, 0.3) is 11.3 Å². The van der Waals surface area contributed by atoms with Crippen LogP contribution in [-0.4, -0.2) is 29.8 Å². The van der Waals surface area contributed by atoms with Crippen molar-refractivity contribution in [2.24, 2.45) is 5.10 Å².